The van der Waals surface area contributed by atoms with Crippen molar-refractivity contribution in [2.75, 3.05) is 20.4 Å². The highest BCUT2D eigenvalue weighted by Crippen LogP contribution is 2.38. The summed E-state index contributed by atoms with van der Waals surface area (Å²) in [4.78, 5) is 11.0. The molecule has 2 aliphatic rings. The van der Waals surface area contributed by atoms with Crippen LogP contribution in [0.4, 0.5) is 17.6 Å². The smallest absolute Gasteiger partial charge is 0.415 e. The lowest BCUT2D eigenvalue weighted by Gasteiger charge is -2.40. The van der Waals surface area contributed by atoms with E-state index in [9.17, 15) is 27.5 Å². The van der Waals surface area contributed by atoms with Crippen LogP contribution >= 0.6 is 0 Å². The predicted molar refractivity (Wildman–Crippen MR) is 122 cm³/mol. The van der Waals surface area contributed by atoms with Crippen molar-refractivity contribution >= 4 is 5.97 Å². The second kappa shape index (κ2) is 10.0. The summed E-state index contributed by atoms with van der Waals surface area (Å²) in [5.41, 5.74) is 2.30. The summed E-state index contributed by atoms with van der Waals surface area (Å²) >= 11 is 0. The molecule has 0 saturated carbocycles. The SMILES string of the molecule is C[N+]1(C(O)OCC2=CC(F)=C(C(F)(F)F)CC2)COc2ccc(-c3cccc(CC(=O)O)c3)cc2C1. The lowest BCUT2D eigenvalue weighted by atomic mass is 9.97. The molecule has 0 bridgehead atoms. The van der Waals surface area contributed by atoms with E-state index in [4.69, 9.17) is 14.6 Å². The molecule has 36 heavy (non-hydrogen) atoms. The summed E-state index contributed by atoms with van der Waals surface area (Å²) in [5.74, 6) is -1.60. The van der Waals surface area contributed by atoms with Gasteiger partial charge in [0.05, 0.1) is 25.6 Å². The number of carbonyl (C=O) groups is 1. The van der Waals surface area contributed by atoms with Crippen molar-refractivity contribution in [1.82, 2.24) is 0 Å². The number of carboxylic acids is 1. The number of benzene rings is 2. The van der Waals surface area contributed by atoms with Gasteiger partial charge in [-0.05, 0) is 53.3 Å². The number of nitrogens with zero attached hydrogens (tertiary/aromatic N) is 1. The normalized spacial score (nSPS) is 20.9. The van der Waals surface area contributed by atoms with Crippen LogP contribution in [0, 0.1) is 0 Å². The van der Waals surface area contributed by atoms with E-state index < -0.39 is 36.4 Å². The van der Waals surface area contributed by atoms with Crippen LogP contribution in [-0.4, -0.2) is 53.6 Å². The molecule has 0 saturated heterocycles. The Labute approximate surface area is 205 Å². The molecule has 10 heteroatoms. The number of aliphatic hydroxyl groups is 1. The van der Waals surface area contributed by atoms with Gasteiger partial charge in [0.1, 0.15) is 18.1 Å². The molecule has 4 rings (SSSR count). The highest BCUT2D eigenvalue weighted by molar-refractivity contribution is 5.72. The van der Waals surface area contributed by atoms with Gasteiger partial charge in [-0.25, -0.2) is 8.87 Å². The number of carboxylic acid groups (broad SMARTS) is 1. The third kappa shape index (κ3) is 5.77. The van der Waals surface area contributed by atoms with E-state index in [1.54, 1.807) is 25.2 Å². The minimum atomic E-state index is -4.71. The number of fused-ring (bicyclic) bond motifs is 1. The van der Waals surface area contributed by atoms with E-state index in [1.807, 2.05) is 24.3 Å². The Morgan fingerprint density at radius 1 is 1.17 bits per heavy atom. The van der Waals surface area contributed by atoms with Gasteiger partial charge in [0, 0.05) is 5.56 Å². The maximum Gasteiger partial charge on any atom is 0.415 e. The van der Waals surface area contributed by atoms with Gasteiger partial charge in [-0.3, -0.25) is 4.79 Å². The summed E-state index contributed by atoms with van der Waals surface area (Å²) in [6, 6.07) is 12.8. The Balaban J connectivity index is 1.46. The largest absolute Gasteiger partial charge is 0.481 e. The first-order valence-corrected chi connectivity index (χ1v) is 11.3. The van der Waals surface area contributed by atoms with Gasteiger partial charge in [-0.2, -0.15) is 13.2 Å². The third-order valence-electron chi connectivity index (χ3n) is 6.33. The van der Waals surface area contributed by atoms with Crippen molar-refractivity contribution in [1.29, 1.82) is 0 Å². The first kappa shape index (κ1) is 25.9. The molecule has 0 aromatic heterocycles. The summed E-state index contributed by atoms with van der Waals surface area (Å²) in [7, 11) is 1.71. The molecular formula is C26H26F4NO5+. The average Bonchev–Trinajstić information content (AvgIpc) is 2.81. The second-order valence-electron chi connectivity index (χ2n) is 9.27. The minimum absolute atomic E-state index is 0.0116. The number of hydrogen-bond donors (Lipinski definition) is 2. The molecule has 6 nitrogen and oxygen atoms in total. The average molecular weight is 508 g/mol. The molecule has 2 atom stereocenters. The van der Waals surface area contributed by atoms with Crippen LogP contribution in [0.5, 0.6) is 5.75 Å². The molecule has 0 amide bonds. The van der Waals surface area contributed by atoms with Crippen LogP contribution in [-0.2, 0) is 22.5 Å². The molecule has 2 aromatic carbocycles. The van der Waals surface area contributed by atoms with Crippen LogP contribution in [0.1, 0.15) is 24.0 Å². The Morgan fingerprint density at radius 3 is 2.61 bits per heavy atom. The number of ether oxygens (including phenoxy) is 2. The van der Waals surface area contributed by atoms with E-state index in [0.29, 0.717) is 23.4 Å². The van der Waals surface area contributed by atoms with E-state index in [1.165, 1.54) is 0 Å². The number of quaternary nitrogens is 1. The summed E-state index contributed by atoms with van der Waals surface area (Å²) in [6.45, 7) is 0.217. The monoisotopic (exact) mass is 508 g/mol. The molecule has 1 aliphatic heterocycles. The Bertz CT molecular complexity index is 1220. The van der Waals surface area contributed by atoms with Gasteiger partial charge >= 0.3 is 18.6 Å². The number of alkyl halides is 3. The fourth-order valence-electron chi connectivity index (χ4n) is 4.35. The van der Waals surface area contributed by atoms with Crippen molar-refractivity contribution < 1.29 is 46.5 Å². The number of aliphatic hydroxyl groups excluding tert-OH is 1. The standard InChI is InChI=1S/C26H25F4NO5/c1-31(25(34)35-14-17-5-7-21(22(27)10-17)26(28,29)30)13-20-12-19(6-8-23(20)36-15-31)18-4-2-3-16(9-18)11-24(32)33/h2-4,6,8-10,12,25,34H,5,7,11,13-15H2,1H3/p+1. The highest BCUT2D eigenvalue weighted by atomic mass is 19.4. The van der Waals surface area contributed by atoms with Gasteiger partial charge in [0.2, 0.25) is 6.73 Å². The van der Waals surface area contributed by atoms with Crippen molar-refractivity contribution in [3.05, 3.63) is 76.6 Å². The van der Waals surface area contributed by atoms with Crippen molar-refractivity contribution in [3.63, 3.8) is 0 Å². The maximum atomic E-state index is 13.9. The lowest BCUT2D eigenvalue weighted by Crippen LogP contribution is -2.56. The molecule has 0 spiro atoms. The minimum Gasteiger partial charge on any atom is -0.481 e. The molecule has 2 unspecified atom stereocenters. The number of hydrogen-bond acceptors (Lipinski definition) is 4. The van der Waals surface area contributed by atoms with Gasteiger partial charge in [0.25, 0.3) is 0 Å². The fourth-order valence-corrected chi connectivity index (χ4v) is 4.35. The van der Waals surface area contributed by atoms with Gasteiger partial charge in [0.15, 0.2) is 0 Å². The first-order valence-electron chi connectivity index (χ1n) is 11.3. The van der Waals surface area contributed by atoms with Crippen molar-refractivity contribution in [2.45, 2.75) is 38.4 Å². The number of allylic oxidation sites excluding steroid dienone is 3. The van der Waals surface area contributed by atoms with E-state index in [0.717, 1.165) is 22.8 Å². The Kier molecular flexibility index (Phi) is 7.21. The lowest BCUT2D eigenvalue weighted by molar-refractivity contribution is -1.00. The molecule has 1 aliphatic carbocycles. The van der Waals surface area contributed by atoms with Crippen LogP contribution in [0.15, 0.2) is 65.5 Å². The first-order chi connectivity index (χ1) is 16.9. The molecule has 2 N–H and O–H groups in total. The number of rotatable bonds is 7. The third-order valence-corrected chi connectivity index (χ3v) is 6.33. The Hall–Kier alpha value is -3.21. The molecule has 2 aromatic rings. The summed E-state index contributed by atoms with van der Waals surface area (Å²) in [5, 5.41) is 19.8. The predicted octanol–water partition coefficient (Wildman–Crippen LogP) is 5.08. The fraction of sp³-hybridized carbons (Fsp3) is 0.346. The summed E-state index contributed by atoms with van der Waals surface area (Å²) in [6.07, 6.45) is -5.82. The van der Waals surface area contributed by atoms with E-state index in [-0.39, 0.29) is 30.7 Å². The van der Waals surface area contributed by atoms with Crippen LogP contribution in [0.3, 0.4) is 0 Å². The van der Waals surface area contributed by atoms with Gasteiger partial charge < -0.3 is 19.7 Å². The zero-order chi connectivity index (χ0) is 26.1. The molecular weight excluding hydrogens is 482 g/mol. The summed E-state index contributed by atoms with van der Waals surface area (Å²) < 4.78 is 63.6. The van der Waals surface area contributed by atoms with Crippen LogP contribution in [0.25, 0.3) is 11.1 Å². The number of aliphatic carboxylic acids is 1. The van der Waals surface area contributed by atoms with Crippen molar-refractivity contribution in [3.8, 4) is 16.9 Å². The van der Waals surface area contributed by atoms with Gasteiger partial charge in [-0.1, -0.05) is 30.3 Å². The zero-order valence-electron chi connectivity index (χ0n) is 19.5. The van der Waals surface area contributed by atoms with E-state index >= 15 is 0 Å². The van der Waals surface area contributed by atoms with Crippen molar-refractivity contribution in [2.24, 2.45) is 0 Å². The topological polar surface area (TPSA) is 76.0 Å². The Morgan fingerprint density at radius 2 is 1.92 bits per heavy atom. The maximum absolute atomic E-state index is 13.9. The molecule has 192 valence electrons. The molecule has 0 radical (unpaired) electrons. The van der Waals surface area contributed by atoms with Crippen LogP contribution in [0.2, 0.25) is 0 Å². The van der Waals surface area contributed by atoms with E-state index in [2.05, 4.69) is 0 Å². The molecule has 1 heterocycles. The molecule has 0 fully saturated rings. The number of halogens is 4. The van der Waals surface area contributed by atoms with Crippen LogP contribution < -0.4 is 4.74 Å². The quantitative estimate of drug-likeness (QED) is 0.310. The van der Waals surface area contributed by atoms with Gasteiger partial charge in [-0.15, -0.1) is 0 Å². The highest BCUT2D eigenvalue weighted by Gasteiger charge is 2.39. The second-order valence-corrected chi connectivity index (χ2v) is 9.27. The zero-order valence-corrected chi connectivity index (χ0v) is 19.5.